The first-order valence-corrected chi connectivity index (χ1v) is 6.34. The minimum Gasteiger partial charge on any atom is -0.358 e. The predicted molar refractivity (Wildman–Crippen MR) is 66.5 cm³/mol. The Morgan fingerprint density at radius 2 is 2.18 bits per heavy atom. The van der Waals surface area contributed by atoms with Gasteiger partial charge in [0.25, 0.3) is 0 Å². The molecule has 0 aliphatic carbocycles. The molecule has 1 saturated heterocycles. The Bertz CT molecular complexity index is 267. The Hall–Kier alpha value is -1.10. The number of nitrogens with one attached hydrogen (secondary N) is 3. The highest BCUT2D eigenvalue weighted by Crippen LogP contribution is 2.31. The van der Waals surface area contributed by atoms with Crippen LogP contribution in [-0.2, 0) is 9.59 Å². The monoisotopic (exact) mass is 241 g/mol. The molecule has 1 fully saturated rings. The zero-order valence-electron chi connectivity index (χ0n) is 10.8. The van der Waals surface area contributed by atoms with E-state index in [1.54, 1.807) is 7.05 Å². The summed E-state index contributed by atoms with van der Waals surface area (Å²) in [6, 6.07) is 0. The first kappa shape index (κ1) is 14.0. The lowest BCUT2D eigenvalue weighted by molar-refractivity contribution is -0.134. The van der Waals surface area contributed by atoms with Crippen molar-refractivity contribution in [2.45, 2.75) is 32.6 Å². The molecule has 1 unspecified atom stereocenters. The smallest absolute Gasteiger partial charge is 0.239 e. The van der Waals surface area contributed by atoms with E-state index in [1.807, 2.05) is 0 Å². The van der Waals surface area contributed by atoms with Gasteiger partial charge in [-0.1, -0.05) is 13.3 Å². The summed E-state index contributed by atoms with van der Waals surface area (Å²) in [5.41, 5.74) is -0.318. The largest absolute Gasteiger partial charge is 0.358 e. The van der Waals surface area contributed by atoms with E-state index in [4.69, 9.17) is 0 Å². The molecule has 5 heteroatoms. The van der Waals surface area contributed by atoms with Crippen molar-refractivity contribution in [3.8, 4) is 0 Å². The van der Waals surface area contributed by atoms with Gasteiger partial charge in [-0.25, -0.2) is 0 Å². The maximum atomic E-state index is 12.2. The van der Waals surface area contributed by atoms with Gasteiger partial charge in [0.2, 0.25) is 11.8 Å². The number of rotatable bonds is 5. The van der Waals surface area contributed by atoms with Gasteiger partial charge in [-0.15, -0.1) is 0 Å². The number of carbonyl (C=O) groups excluding carboxylic acids is 2. The van der Waals surface area contributed by atoms with Crippen LogP contribution in [0.5, 0.6) is 0 Å². The second kappa shape index (κ2) is 6.59. The van der Waals surface area contributed by atoms with Gasteiger partial charge < -0.3 is 16.0 Å². The standard InChI is InChI=1S/C12H23N3O2/c1-3-5-12(6-4-7-14-9-12)11(17)15-8-10(16)13-2/h14H,3-9H2,1-2H3,(H,13,16)(H,15,17). The van der Waals surface area contributed by atoms with Crippen LogP contribution >= 0.6 is 0 Å². The first-order valence-electron chi connectivity index (χ1n) is 6.34. The third kappa shape index (κ3) is 3.70. The van der Waals surface area contributed by atoms with Crippen molar-refractivity contribution < 1.29 is 9.59 Å². The highest BCUT2D eigenvalue weighted by molar-refractivity contribution is 5.88. The molecule has 1 aliphatic rings. The van der Waals surface area contributed by atoms with Gasteiger partial charge in [-0.2, -0.15) is 0 Å². The van der Waals surface area contributed by atoms with Crippen LogP contribution in [0.1, 0.15) is 32.6 Å². The maximum Gasteiger partial charge on any atom is 0.239 e. The molecule has 1 aliphatic heterocycles. The van der Waals surface area contributed by atoms with E-state index in [0.717, 1.165) is 38.8 Å². The molecule has 1 atom stereocenters. The highest BCUT2D eigenvalue weighted by Gasteiger charge is 2.38. The second-order valence-corrected chi connectivity index (χ2v) is 4.67. The molecule has 98 valence electrons. The Morgan fingerprint density at radius 1 is 1.41 bits per heavy atom. The SMILES string of the molecule is CCCC1(C(=O)NCC(=O)NC)CCCNC1. The van der Waals surface area contributed by atoms with E-state index in [9.17, 15) is 9.59 Å². The average molecular weight is 241 g/mol. The Labute approximate surface area is 103 Å². The summed E-state index contributed by atoms with van der Waals surface area (Å²) in [5, 5.41) is 8.52. The van der Waals surface area contributed by atoms with Crippen molar-refractivity contribution >= 4 is 11.8 Å². The van der Waals surface area contributed by atoms with Crippen molar-refractivity contribution in [2.24, 2.45) is 5.41 Å². The predicted octanol–water partition coefficient (Wildman–Crippen LogP) is 0.0185. The van der Waals surface area contributed by atoms with E-state index in [-0.39, 0.29) is 23.8 Å². The van der Waals surface area contributed by atoms with Crippen molar-refractivity contribution in [3.05, 3.63) is 0 Å². The zero-order valence-corrected chi connectivity index (χ0v) is 10.8. The molecule has 0 aromatic carbocycles. The molecular weight excluding hydrogens is 218 g/mol. The number of likely N-dealkylation sites (N-methyl/N-ethyl adjacent to an activating group) is 1. The molecular formula is C12H23N3O2. The number of piperidine rings is 1. The van der Waals surface area contributed by atoms with Crippen LogP contribution in [0.3, 0.4) is 0 Å². The molecule has 0 radical (unpaired) electrons. The number of hydrogen-bond donors (Lipinski definition) is 3. The summed E-state index contributed by atoms with van der Waals surface area (Å²) in [4.78, 5) is 23.3. The van der Waals surface area contributed by atoms with Crippen LogP contribution < -0.4 is 16.0 Å². The molecule has 17 heavy (non-hydrogen) atoms. The summed E-state index contributed by atoms with van der Waals surface area (Å²) in [6.45, 7) is 3.86. The lowest BCUT2D eigenvalue weighted by Gasteiger charge is -2.36. The third-order valence-corrected chi connectivity index (χ3v) is 3.37. The lowest BCUT2D eigenvalue weighted by Crippen LogP contribution is -2.51. The van der Waals surface area contributed by atoms with Crippen LogP contribution in [0.15, 0.2) is 0 Å². The summed E-state index contributed by atoms with van der Waals surface area (Å²) < 4.78 is 0. The molecule has 5 nitrogen and oxygen atoms in total. The number of hydrogen-bond acceptors (Lipinski definition) is 3. The molecule has 3 N–H and O–H groups in total. The first-order chi connectivity index (χ1) is 8.14. The van der Waals surface area contributed by atoms with Gasteiger partial charge in [0.05, 0.1) is 12.0 Å². The fourth-order valence-corrected chi connectivity index (χ4v) is 2.40. The normalized spacial score (nSPS) is 24.1. The van der Waals surface area contributed by atoms with Gasteiger partial charge >= 0.3 is 0 Å². The van der Waals surface area contributed by atoms with E-state index < -0.39 is 0 Å². The van der Waals surface area contributed by atoms with Gasteiger partial charge in [0.15, 0.2) is 0 Å². The molecule has 0 saturated carbocycles. The van der Waals surface area contributed by atoms with Gasteiger partial charge in [-0.05, 0) is 25.8 Å². The van der Waals surface area contributed by atoms with Crippen molar-refractivity contribution in [2.75, 3.05) is 26.7 Å². The summed E-state index contributed by atoms with van der Waals surface area (Å²) in [5.74, 6) is -0.149. The second-order valence-electron chi connectivity index (χ2n) is 4.67. The topological polar surface area (TPSA) is 70.2 Å². The van der Waals surface area contributed by atoms with Crippen LogP contribution in [0.2, 0.25) is 0 Å². The molecule has 0 aromatic heterocycles. The Morgan fingerprint density at radius 3 is 2.71 bits per heavy atom. The van der Waals surface area contributed by atoms with Gasteiger partial charge in [0.1, 0.15) is 0 Å². The molecule has 1 heterocycles. The van der Waals surface area contributed by atoms with Crippen molar-refractivity contribution in [1.82, 2.24) is 16.0 Å². The number of amides is 2. The van der Waals surface area contributed by atoms with Crippen LogP contribution in [-0.4, -0.2) is 38.5 Å². The van der Waals surface area contributed by atoms with E-state index in [0.29, 0.717) is 0 Å². The minimum atomic E-state index is -0.318. The van der Waals surface area contributed by atoms with Crippen LogP contribution in [0.4, 0.5) is 0 Å². The van der Waals surface area contributed by atoms with Crippen LogP contribution in [0.25, 0.3) is 0 Å². The van der Waals surface area contributed by atoms with E-state index in [2.05, 4.69) is 22.9 Å². The summed E-state index contributed by atoms with van der Waals surface area (Å²) >= 11 is 0. The van der Waals surface area contributed by atoms with Crippen molar-refractivity contribution in [1.29, 1.82) is 0 Å². The Kier molecular flexibility index (Phi) is 5.41. The lowest BCUT2D eigenvalue weighted by atomic mass is 9.76. The highest BCUT2D eigenvalue weighted by atomic mass is 16.2. The molecule has 1 rings (SSSR count). The molecule has 0 aromatic rings. The number of carbonyl (C=O) groups is 2. The molecule has 2 amide bonds. The van der Waals surface area contributed by atoms with Crippen molar-refractivity contribution in [3.63, 3.8) is 0 Å². The van der Waals surface area contributed by atoms with Gasteiger partial charge in [0, 0.05) is 13.6 Å². The molecule has 0 spiro atoms. The van der Waals surface area contributed by atoms with Crippen LogP contribution in [0, 0.1) is 5.41 Å². The summed E-state index contributed by atoms with van der Waals surface area (Å²) in [6.07, 6.45) is 3.79. The maximum absolute atomic E-state index is 12.2. The fourth-order valence-electron chi connectivity index (χ4n) is 2.40. The van der Waals surface area contributed by atoms with Gasteiger partial charge in [-0.3, -0.25) is 9.59 Å². The quantitative estimate of drug-likeness (QED) is 0.635. The summed E-state index contributed by atoms with van der Waals surface area (Å²) in [7, 11) is 1.57. The van der Waals surface area contributed by atoms with E-state index in [1.165, 1.54) is 0 Å². The average Bonchev–Trinajstić information content (AvgIpc) is 2.36. The van der Waals surface area contributed by atoms with E-state index >= 15 is 0 Å². The zero-order chi connectivity index (χ0) is 12.7. The third-order valence-electron chi connectivity index (χ3n) is 3.37. The fraction of sp³-hybridized carbons (Fsp3) is 0.833. The molecule has 0 bridgehead atoms. The Balaban J connectivity index is 2.56. The minimum absolute atomic E-state index is 0.00940.